The molecule has 0 saturated carbocycles. The number of anilines is 1. The van der Waals surface area contributed by atoms with Gasteiger partial charge in [-0.25, -0.2) is 9.18 Å². The normalized spacial score (nSPS) is 11.3. The van der Waals surface area contributed by atoms with Crippen LogP contribution in [0.1, 0.15) is 20.8 Å². The van der Waals surface area contributed by atoms with E-state index in [1.807, 2.05) is 6.07 Å². The second-order valence-corrected chi connectivity index (χ2v) is 7.31. The third-order valence-electron chi connectivity index (χ3n) is 3.99. The molecule has 3 aromatic rings. The summed E-state index contributed by atoms with van der Waals surface area (Å²) in [5.41, 5.74) is 0.685. The summed E-state index contributed by atoms with van der Waals surface area (Å²) in [5.74, 6) is 0.0814. The van der Waals surface area contributed by atoms with E-state index in [4.69, 9.17) is 4.74 Å². The number of carbonyl (C=O) groups is 1. The number of aryl methyl sites for hydroxylation is 1. The summed E-state index contributed by atoms with van der Waals surface area (Å²) in [6, 6.07) is 11.3. The van der Waals surface area contributed by atoms with Crippen molar-refractivity contribution in [2.75, 3.05) is 4.90 Å². The summed E-state index contributed by atoms with van der Waals surface area (Å²) in [7, 11) is 1.78. The molecular formula is C20H21FN4O3. The predicted octanol–water partition coefficient (Wildman–Crippen LogP) is 4.70. The van der Waals surface area contributed by atoms with Crippen LogP contribution >= 0.6 is 0 Å². The van der Waals surface area contributed by atoms with E-state index in [1.54, 1.807) is 56.9 Å². The summed E-state index contributed by atoms with van der Waals surface area (Å²) in [4.78, 5) is 12.6. The zero-order chi connectivity index (χ0) is 20.5. The first kappa shape index (κ1) is 19.3. The second kappa shape index (κ2) is 7.30. The van der Waals surface area contributed by atoms with Gasteiger partial charge in [0.15, 0.2) is 5.82 Å². The lowest BCUT2D eigenvalue weighted by molar-refractivity contribution is 0.195. The molecule has 0 fully saturated rings. The molecule has 0 saturated heterocycles. The highest BCUT2D eigenvalue weighted by atomic mass is 19.1. The zero-order valence-corrected chi connectivity index (χ0v) is 16.0. The average Bonchev–Trinajstić information content (AvgIpc) is 3.02. The van der Waals surface area contributed by atoms with Gasteiger partial charge in [0.2, 0.25) is 0 Å². The highest BCUT2D eigenvalue weighted by Gasteiger charge is 2.30. The maximum Gasteiger partial charge on any atom is 0.412 e. The van der Waals surface area contributed by atoms with Gasteiger partial charge in [-0.2, -0.15) is 0 Å². The zero-order valence-electron chi connectivity index (χ0n) is 16.0. The molecule has 0 unspecified atom stereocenters. The summed E-state index contributed by atoms with van der Waals surface area (Å²) < 4.78 is 22.0. The third kappa shape index (κ3) is 4.11. The van der Waals surface area contributed by atoms with E-state index in [1.165, 1.54) is 18.2 Å². The van der Waals surface area contributed by atoms with Crippen molar-refractivity contribution in [1.82, 2.24) is 15.0 Å². The minimum absolute atomic E-state index is 0.0272. The molecule has 7 nitrogen and oxygen atoms in total. The van der Waals surface area contributed by atoms with Crippen molar-refractivity contribution in [2.24, 2.45) is 7.05 Å². The molecule has 1 aromatic heterocycles. The highest BCUT2D eigenvalue weighted by Crippen LogP contribution is 2.32. The number of benzene rings is 2. The van der Waals surface area contributed by atoms with Crippen LogP contribution in [0, 0.1) is 5.82 Å². The monoisotopic (exact) mass is 384 g/mol. The lowest BCUT2D eigenvalue weighted by Gasteiger charge is -2.33. The molecule has 2 aromatic carbocycles. The SMILES string of the molecule is Cn1cc(-c2cccc(Oc3ccc(N(C(=O)O)C(C)(C)C)c(F)c3)c2)nn1. The van der Waals surface area contributed by atoms with Crippen LogP contribution in [-0.4, -0.2) is 31.7 Å². The van der Waals surface area contributed by atoms with E-state index in [0.717, 1.165) is 10.5 Å². The average molecular weight is 384 g/mol. The van der Waals surface area contributed by atoms with Crippen molar-refractivity contribution >= 4 is 11.8 Å². The Labute approximate surface area is 162 Å². The van der Waals surface area contributed by atoms with E-state index < -0.39 is 17.4 Å². The first-order chi connectivity index (χ1) is 13.1. The number of hydrogen-bond acceptors (Lipinski definition) is 4. The van der Waals surface area contributed by atoms with Gasteiger partial charge < -0.3 is 9.84 Å². The Balaban J connectivity index is 1.86. The van der Waals surface area contributed by atoms with Crippen LogP contribution in [0.5, 0.6) is 11.5 Å². The molecule has 0 atom stereocenters. The number of aromatic nitrogens is 3. The van der Waals surface area contributed by atoms with Gasteiger partial charge in [-0.1, -0.05) is 17.3 Å². The van der Waals surface area contributed by atoms with Crippen LogP contribution in [-0.2, 0) is 7.05 Å². The third-order valence-corrected chi connectivity index (χ3v) is 3.99. The van der Waals surface area contributed by atoms with Crippen LogP contribution in [0.4, 0.5) is 14.9 Å². The fourth-order valence-corrected chi connectivity index (χ4v) is 2.82. The molecule has 1 amide bonds. The summed E-state index contributed by atoms with van der Waals surface area (Å²) in [6.45, 7) is 5.09. The van der Waals surface area contributed by atoms with Crippen LogP contribution < -0.4 is 9.64 Å². The van der Waals surface area contributed by atoms with Crippen molar-refractivity contribution in [1.29, 1.82) is 0 Å². The molecule has 0 aliphatic rings. The molecule has 1 heterocycles. The highest BCUT2D eigenvalue weighted by molar-refractivity contribution is 5.87. The van der Waals surface area contributed by atoms with E-state index in [-0.39, 0.29) is 11.4 Å². The van der Waals surface area contributed by atoms with E-state index >= 15 is 0 Å². The first-order valence-electron chi connectivity index (χ1n) is 8.62. The van der Waals surface area contributed by atoms with Crippen LogP contribution in [0.2, 0.25) is 0 Å². The maximum atomic E-state index is 14.6. The Morgan fingerprint density at radius 3 is 2.46 bits per heavy atom. The fourth-order valence-electron chi connectivity index (χ4n) is 2.82. The lowest BCUT2D eigenvalue weighted by Crippen LogP contribution is -2.45. The molecule has 0 spiro atoms. The van der Waals surface area contributed by atoms with Gasteiger partial charge >= 0.3 is 6.09 Å². The maximum absolute atomic E-state index is 14.6. The van der Waals surface area contributed by atoms with Crippen LogP contribution in [0.3, 0.4) is 0 Å². The van der Waals surface area contributed by atoms with E-state index in [9.17, 15) is 14.3 Å². The molecule has 0 aliphatic carbocycles. The lowest BCUT2D eigenvalue weighted by atomic mass is 10.1. The van der Waals surface area contributed by atoms with Gasteiger partial charge in [0.25, 0.3) is 0 Å². The van der Waals surface area contributed by atoms with E-state index in [0.29, 0.717) is 11.4 Å². The molecule has 0 radical (unpaired) electrons. The number of rotatable bonds is 4. The number of nitrogens with zero attached hydrogens (tertiary/aromatic N) is 4. The molecule has 28 heavy (non-hydrogen) atoms. The predicted molar refractivity (Wildman–Crippen MR) is 103 cm³/mol. The Hall–Kier alpha value is -3.42. The minimum atomic E-state index is -1.23. The summed E-state index contributed by atoms with van der Waals surface area (Å²) >= 11 is 0. The van der Waals surface area contributed by atoms with Crippen molar-refractivity contribution in [3.8, 4) is 22.8 Å². The van der Waals surface area contributed by atoms with Gasteiger partial charge in [-0.3, -0.25) is 9.58 Å². The van der Waals surface area contributed by atoms with Gasteiger partial charge in [0.05, 0.1) is 11.9 Å². The standard InChI is InChI=1S/C20H21FN4O3/c1-20(2,3)25(19(26)27)18-9-8-15(11-16(18)21)28-14-7-5-6-13(10-14)17-12-24(4)23-22-17/h5-12H,1-4H3,(H,26,27). The number of halogens is 1. The van der Waals surface area contributed by atoms with Crippen molar-refractivity contribution in [2.45, 2.75) is 26.3 Å². The molecular weight excluding hydrogens is 363 g/mol. The second-order valence-electron chi connectivity index (χ2n) is 7.31. The first-order valence-corrected chi connectivity index (χ1v) is 8.62. The smallest absolute Gasteiger partial charge is 0.412 e. The fraction of sp³-hybridized carbons (Fsp3) is 0.250. The Kier molecular flexibility index (Phi) is 5.04. The summed E-state index contributed by atoms with van der Waals surface area (Å²) in [6.07, 6.45) is 0.553. The Morgan fingerprint density at radius 2 is 1.89 bits per heavy atom. The van der Waals surface area contributed by atoms with Crippen molar-refractivity contribution in [3.63, 3.8) is 0 Å². The molecule has 3 rings (SSSR count). The molecule has 8 heteroatoms. The molecule has 0 aliphatic heterocycles. The van der Waals surface area contributed by atoms with Crippen LogP contribution in [0.25, 0.3) is 11.3 Å². The Morgan fingerprint density at radius 1 is 1.18 bits per heavy atom. The quantitative estimate of drug-likeness (QED) is 0.705. The number of ether oxygens (including phenoxy) is 1. The van der Waals surface area contributed by atoms with E-state index in [2.05, 4.69) is 10.3 Å². The Bertz CT molecular complexity index is 1010. The van der Waals surface area contributed by atoms with Gasteiger partial charge in [-0.15, -0.1) is 5.10 Å². The summed E-state index contributed by atoms with van der Waals surface area (Å²) in [5, 5.41) is 17.4. The van der Waals surface area contributed by atoms with Crippen molar-refractivity contribution < 1.29 is 19.0 Å². The van der Waals surface area contributed by atoms with Gasteiger partial charge in [-0.05, 0) is 45.0 Å². The number of hydrogen-bond donors (Lipinski definition) is 1. The van der Waals surface area contributed by atoms with Crippen LogP contribution in [0.15, 0.2) is 48.7 Å². The number of carboxylic acid groups (broad SMARTS) is 1. The molecule has 146 valence electrons. The topological polar surface area (TPSA) is 80.5 Å². The largest absolute Gasteiger partial charge is 0.465 e. The number of amides is 1. The molecule has 0 bridgehead atoms. The minimum Gasteiger partial charge on any atom is -0.465 e. The van der Waals surface area contributed by atoms with Gasteiger partial charge in [0.1, 0.15) is 17.2 Å². The van der Waals surface area contributed by atoms with Crippen molar-refractivity contribution in [3.05, 3.63) is 54.5 Å². The van der Waals surface area contributed by atoms with Gasteiger partial charge in [0, 0.05) is 24.2 Å². The molecule has 1 N–H and O–H groups in total.